The largest absolute Gasteiger partial charge is 0.289 e. The second-order valence-corrected chi connectivity index (χ2v) is 2.96. The normalized spacial score (nSPS) is 20.2. The van der Waals surface area contributed by atoms with Crippen molar-refractivity contribution in [3.63, 3.8) is 0 Å². The Morgan fingerprint density at radius 2 is 1.77 bits per heavy atom. The molecule has 6 heteroatoms. The molecule has 4 nitrogen and oxygen atoms in total. The van der Waals surface area contributed by atoms with E-state index in [9.17, 15) is 18.4 Å². The fraction of sp³-hybridized carbons (Fsp3) is 0.714. The maximum Gasteiger partial charge on any atom is 0.256 e. The van der Waals surface area contributed by atoms with Crippen LogP contribution in [0.2, 0.25) is 0 Å². The van der Waals surface area contributed by atoms with Gasteiger partial charge in [-0.3, -0.25) is 19.4 Å². The third kappa shape index (κ3) is 2.45. The Morgan fingerprint density at radius 3 is 2.15 bits per heavy atom. The fourth-order valence-corrected chi connectivity index (χ4v) is 1.17. The molecule has 0 aromatic carbocycles. The highest BCUT2D eigenvalue weighted by molar-refractivity contribution is 5.99. The first-order valence-electron chi connectivity index (χ1n) is 3.80. The first kappa shape index (κ1) is 10.0. The molecule has 0 aromatic rings. The zero-order valence-electron chi connectivity index (χ0n) is 7.17. The number of halogens is 2. The minimum absolute atomic E-state index is 0.0262. The lowest BCUT2D eigenvalue weighted by Gasteiger charge is -2.29. The Morgan fingerprint density at radius 1 is 1.31 bits per heavy atom. The molecule has 74 valence electrons. The number of likely N-dealkylation sites (N-methyl/N-ethyl adjacent to an activating group) is 1. The van der Waals surface area contributed by atoms with Gasteiger partial charge in [0.05, 0.1) is 19.6 Å². The summed E-state index contributed by atoms with van der Waals surface area (Å²) in [7, 11) is 1.59. The molecule has 0 radical (unpaired) electrons. The molecule has 1 rings (SSSR count). The number of piperazine rings is 1. The number of hydrogen-bond acceptors (Lipinski definition) is 3. The summed E-state index contributed by atoms with van der Waals surface area (Å²) >= 11 is 0. The molecular weight excluding hydrogens is 182 g/mol. The minimum atomic E-state index is -2.66. The number of carbonyl (C=O) groups excluding carboxylic acids is 2. The molecule has 0 aliphatic carbocycles. The van der Waals surface area contributed by atoms with Gasteiger partial charge < -0.3 is 0 Å². The van der Waals surface area contributed by atoms with Crippen molar-refractivity contribution in [3.05, 3.63) is 0 Å². The summed E-state index contributed by atoms with van der Waals surface area (Å²) in [6.45, 7) is -0.734. The monoisotopic (exact) mass is 192 g/mol. The molecule has 1 fully saturated rings. The third-order valence-corrected chi connectivity index (χ3v) is 1.73. The van der Waals surface area contributed by atoms with Crippen LogP contribution < -0.4 is 0 Å². The summed E-state index contributed by atoms with van der Waals surface area (Å²) in [5.41, 5.74) is 0. The van der Waals surface area contributed by atoms with Crippen LogP contribution in [0.3, 0.4) is 0 Å². The standard InChI is InChI=1S/C7H10F2N2O2/c1-10-3-6(12)11(2-5(8)9)7(13)4-10/h5H,2-4H2,1H3. The van der Waals surface area contributed by atoms with Crippen molar-refractivity contribution < 1.29 is 18.4 Å². The molecule has 2 amide bonds. The van der Waals surface area contributed by atoms with Crippen LogP contribution in [-0.2, 0) is 9.59 Å². The van der Waals surface area contributed by atoms with Crippen LogP contribution in [0.5, 0.6) is 0 Å². The molecular formula is C7H10F2N2O2. The molecule has 0 bridgehead atoms. The van der Waals surface area contributed by atoms with E-state index in [1.165, 1.54) is 4.90 Å². The smallest absolute Gasteiger partial charge is 0.256 e. The van der Waals surface area contributed by atoms with Crippen LogP contribution in [0.1, 0.15) is 0 Å². The van der Waals surface area contributed by atoms with E-state index in [0.29, 0.717) is 4.90 Å². The molecule has 0 N–H and O–H groups in total. The van der Waals surface area contributed by atoms with Crippen molar-refractivity contribution in [1.29, 1.82) is 0 Å². The number of nitrogens with zero attached hydrogens (tertiary/aromatic N) is 2. The number of rotatable bonds is 2. The summed E-state index contributed by atoms with van der Waals surface area (Å²) in [4.78, 5) is 24.3. The van der Waals surface area contributed by atoms with Gasteiger partial charge in [0.25, 0.3) is 6.43 Å². The Balaban J connectivity index is 2.62. The summed E-state index contributed by atoms with van der Waals surface area (Å²) < 4.78 is 23.8. The molecule has 1 heterocycles. The maximum absolute atomic E-state index is 11.9. The van der Waals surface area contributed by atoms with E-state index in [0.717, 1.165) is 0 Å². The third-order valence-electron chi connectivity index (χ3n) is 1.73. The van der Waals surface area contributed by atoms with Crippen LogP contribution in [0.25, 0.3) is 0 Å². The summed E-state index contributed by atoms with van der Waals surface area (Å²) in [6, 6.07) is 0. The van der Waals surface area contributed by atoms with E-state index < -0.39 is 24.8 Å². The second-order valence-electron chi connectivity index (χ2n) is 2.96. The lowest BCUT2D eigenvalue weighted by atomic mass is 10.3. The van der Waals surface area contributed by atoms with Crippen LogP contribution in [0.4, 0.5) is 8.78 Å². The number of alkyl halides is 2. The summed E-state index contributed by atoms with van der Waals surface area (Å²) in [5.74, 6) is -1.11. The number of hydrogen-bond donors (Lipinski definition) is 0. The molecule has 0 unspecified atom stereocenters. The van der Waals surface area contributed by atoms with E-state index in [1.54, 1.807) is 7.05 Å². The van der Waals surface area contributed by atoms with Gasteiger partial charge in [0.2, 0.25) is 11.8 Å². The van der Waals surface area contributed by atoms with Crippen molar-refractivity contribution in [2.45, 2.75) is 6.43 Å². The SMILES string of the molecule is CN1CC(=O)N(CC(F)F)C(=O)C1. The van der Waals surface area contributed by atoms with E-state index in [1.807, 2.05) is 0 Å². The van der Waals surface area contributed by atoms with Crippen molar-refractivity contribution in [3.8, 4) is 0 Å². The van der Waals surface area contributed by atoms with Crippen LogP contribution in [-0.4, -0.2) is 54.7 Å². The van der Waals surface area contributed by atoms with Gasteiger partial charge in [0.1, 0.15) is 0 Å². The zero-order valence-corrected chi connectivity index (χ0v) is 7.17. The van der Waals surface area contributed by atoms with Crippen molar-refractivity contribution in [2.24, 2.45) is 0 Å². The van der Waals surface area contributed by atoms with Crippen LogP contribution in [0, 0.1) is 0 Å². The fourth-order valence-electron chi connectivity index (χ4n) is 1.17. The molecule has 0 atom stereocenters. The zero-order chi connectivity index (χ0) is 10.0. The number of imide groups is 1. The predicted molar refractivity (Wildman–Crippen MR) is 40.2 cm³/mol. The van der Waals surface area contributed by atoms with Gasteiger partial charge in [0.15, 0.2) is 0 Å². The lowest BCUT2D eigenvalue weighted by Crippen LogP contribution is -2.53. The Bertz CT molecular complexity index is 215. The first-order valence-corrected chi connectivity index (χ1v) is 3.80. The van der Waals surface area contributed by atoms with Crippen molar-refractivity contribution in [1.82, 2.24) is 9.80 Å². The van der Waals surface area contributed by atoms with Gasteiger partial charge in [-0.25, -0.2) is 8.78 Å². The highest BCUT2D eigenvalue weighted by Gasteiger charge is 2.30. The molecule has 0 spiro atoms. The first-order chi connectivity index (χ1) is 6.00. The van der Waals surface area contributed by atoms with Crippen LogP contribution >= 0.6 is 0 Å². The van der Waals surface area contributed by atoms with Gasteiger partial charge in [-0.1, -0.05) is 0 Å². The number of carbonyl (C=O) groups is 2. The molecule has 1 saturated heterocycles. The predicted octanol–water partition coefficient (Wildman–Crippen LogP) is -0.448. The molecule has 1 aliphatic heterocycles. The second kappa shape index (κ2) is 3.78. The average molecular weight is 192 g/mol. The molecule has 1 aliphatic rings. The van der Waals surface area contributed by atoms with Gasteiger partial charge in [0, 0.05) is 0 Å². The van der Waals surface area contributed by atoms with E-state index in [-0.39, 0.29) is 13.1 Å². The minimum Gasteiger partial charge on any atom is -0.289 e. The van der Waals surface area contributed by atoms with E-state index in [4.69, 9.17) is 0 Å². The molecule has 13 heavy (non-hydrogen) atoms. The Kier molecular flexibility index (Phi) is 2.92. The molecule has 0 saturated carbocycles. The van der Waals surface area contributed by atoms with E-state index >= 15 is 0 Å². The average Bonchev–Trinajstić information content (AvgIpc) is 1.96. The Hall–Kier alpha value is -1.04. The van der Waals surface area contributed by atoms with E-state index in [2.05, 4.69) is 0 Å². The van der Waals surface area contributed by atoms with Gasteiger partial charge >= 0.3 is 0 Å². The topological polar surface area (TPSA) is 40.6 Å². The van der Waals surface area contributed by atoms with Gasteiger partial charge in [-0.15, -0.1) is 0 Å². The highest BCUT2D eigenvalue weighted by atomic mass is 19.3. The Labute approximate surface area is 74.1 Å². The highest BCUT2D eigenvalue weighted by Crippen LogP contribution is 2.05. The van der Waals surface area contributed by atoms with Gasteiger partial charge in [-0.05, 0) is 7.05 Å². The maximum atomic E-state index is 11.9. The van der Waals surface area contributed by atoms with Crippen molar-refractivity contribution in [2.75, 3.05) is 26.7 Å². The quantitative estimate of drug-likeness (QED) is 0.556. The summed E-state index contributed by atoms with van der Waals surface area (Å²) in [6.07, 6.45) is -2.66. The number of amides is 2. The van der Waals surface area contributed by atoms with Crippen LogP contribution in [0.15, 0.2) is 0 Å². The molecule has 0 aromatic heterocycles. The lowest BCUT2D eigenvalue weighted by molar-refractivity contribution is -0.152. The van der Waals surface area contributed by atoms with Crippen molar-refractivity contribution >= 4 is 11.8 Å². The van der Waals surface area contributed by atoms with Gasteiger partial charge in [-0.2, -0.15) is 0 Å². The summed E-state index contributed by atoms with van der Waals surface area (Å²) in [5, 5.41) is 0.